The molecule has 2 unspecified atom stereocenters. The molecule has 0 aromatic carbocycles. The summed E-state index contributed by atoms with van der Waals surface area (Å²) in [5, 5.41) is 8.04. The summed E-state index contributed by atoms with van der Waals surface area (Å²) in [5.74, 6) is 0.889. The molecule has 3 heteroatoms. The predicted molar refractivity (Wildman–Crippen MR) is 70.9 cm³/mol. The van der Waals surface area contributed by atoms with E-state index in [1.54, 1.807) is 0 Å². The first-order valence-corrected chi connectivity index (χ1v) is 6.91. The first kappa shape index (κ1) is 12.6. The standard InChI is InChI=1S/C14H25N3/c1-11(2)17-10-13(9-16-17)8-15-14-6-4-5-12(3)7-14/h9-12,14-15H,4-8H2,1-3H3. The second-order valence-corrected chi connectivity index (χ2v) is 5.77. The SMILES string of the molecule is CC1CCCC(NCc2cnn(C(C)C)c2)C1. The van der Waals surface area contributed by atoms with Crippen LogP contribution in [0.1, 0.15) is 58.1 Å². The molecule has 1 fully saturated rings. The molecule has 0 spiro atoms. The fraction of sp³-hybridized carbons (Fsp3) is 0.786. The highest BCUT2D eigenvalue weighted by Crippen LogP contribution is 2.23. The van der Waals surface area contributed by atoms with Crippen molar-refractivity contribution in [3.8, 4) is 0 Å². The highest BCUT2D eigenvalue weighted by atomic mass is 15.3. The van der Waals surface area contributed by atoms with Crippen LogP contribution in [0, 0.1) is 5.92 Å². The minimum atomic E-state index is 0.457. The van der Waals surface area contributed by atoms with E-state index < -0.39 is 0 Å². The number of nitrogens with one attached hydrogen (secondary N) is 1. The normalized spacial score (nSPS) is 25.4. The predicted octanol–water partition coefficient (Wildman–Crippen LogP) is 3.13. The van der Waals surface area contributed by atoms with Crippen LogP contribution in [0.2, 0.25) is 0 Å². The van der Waals surface area contributed by atoms with Crippen molar-refractivity contribution >= 4 is 0 Å². The third-order valence-corrected chi connectivity index (χ3v) is 3.72. The lowest BCUT2D eigenvalue weighted by Gasteiger charge is -2.27. The fourth-order valence-corrected chi connectivity index (χ4v) is 2.63. The van der Waals surface area contributed by atoms with E-state index in [9.17, 15) is 0 Å². The van der Waals surface area contributed by atoms with Crippen molar-refractivity contribution in [3.05, 3.63) is 18.0 Å². The molecule has 1 aromatic heterocycles. The van der Waals surface area contributed by atoms with Gasteiger partial charge in [-0.05, 0) is 32.6 Å². The van der Waals surface area contributed by atoms with E-state index in [1.807, 2.05) is 10.9 Å². The van der Waals surface area contributed by atoms with Crippen molar-refractivity contribution in [1.82, 2.24) is 15.1 Å². The Morgan fingerprint density at radius 3 is 2.94 bits per heavy atom. The topological polar surface area (TPSA) is 29.9 Å². The highest BCUT2D eigenvalue weighted by molar-refractivity contribution is 5.04. The molecule has 0 aliphatic heterocycles. The largest absolute Gasteiger partial charge is 0.310 e. The zero-order valence-corrected chi connectivity index (χ0v) is 11.3. The minimum absolute atomic E-state index is 0.457. The van der Waals surface area contributed by atoms with Crippen molar-refractivity contribution in [2.75, 3.05) is 0 Å². The molecule has 0 radical (unpaired) electrons. The molecule has 96 valence electrons. The summed E-state index contributed by atoms with van der Waals surface area (Å²) in [5.41, 5.74) is 1.30. The Morgan fingerprint density at radius 1 is 1.47 bits per heavy atom. The van der Waals surface area contributed by atoms with E-state index in [4.69, 9.17) is 0 Å². The number of nitrogens with zero attached hydrogens (tertiary/aromatic N) is 2. The molecular formula is C14H25N3. The number of aromatic nitrogens is 2. The van der Waals surface area contributed by atoms with E-state index in [-0.39, 0.29) is 0 Å². The van der Waals surface area contributed by atoms with Gasteiger partial charge in [0, 0.05) is 30.4 Å². The summed E-state index contributed by atoms with van der Waals surface area (Å²) in [7, 11) is 0. The summed E-state index contributed by atoms with van der Waals surface area (Å²) in [6.45, 7) is 7.65. The van der Waals surface area contributed by atoms with Gasteiger partial charge in [0.15, 0.2) is 0 Å². The van der Waals surface area contributed by atoms with Gasteiger partial charge < -0.3 is 5.32 Å². The Balaban J connectivity index is 1.80. The molecule has 0 amide bonds. The molecule has 1 aromatic rings. The van der Waals surface area contributed by atoms with Crippen LogP contribution in [0.4, 0.5) is 0 Å². The fourth-order valence-electron chi connectivity index (χ4n) is 2.63. The molecule has 17 heavy (non-hydrogen) atoms. The van der Waals surface area contributed by atoms with Gasteiger partial charge in [0.1, 0.15) is 0 Å². The van der Waals surface area contributed by atoms with Crippen LogP contribution in [-0.4, -0.2) is 15.8 Å². The van der Waals surface area contributed by atoms with Crippen LogP contribution in [0.3, 0.4) is 0 Å². The Labute approximate surface area is 105 Å². The molecular weight excluding hydrogens is 210 g/mol. The Morgan fingerprint density at radius 2 is 2.29 bits per heavy atom. The van der Waals surface area contributed by atoms with Crippen molar-refractivity contribution in [2.24, 2.45) is 5.92 Å². The van der Waals surface area contributed by atoms with Crippen LogP contribution in [0.25, 0.3) is 0 Å². The second-order valence-electron chi connectivity index (χ2n) is 5.77. The molecule has 1 aliphatic carbocycles. The van der Waals surface area contributed by atoms with Gasteiger partial charge in [-0.2, -0.15) is 5.10 Å². The van der Waals surface area contributed by atoms with Crippen LogP contribution < -0.4 is 5.32 Å². The van der Waals surface area contributed by atoms with Crippen molar-refractivity contribution < 1.29 is 0 Å². The second kappa shape index (κ2) is 5.67. The zero-order chi connectivity index (χ0) is 12.3. The third kappa shape index (κ3) is 3.56. The number of rotatable bonds is 4. The maximum atomic E-state index is 4.37. The lowest BCUT2D eigenvalue weighted by molar-refractivity contribution is 0.300. The Kier molecular flexibility index (Phi) is 4.21. The van der Waals surface area contributed by atoms with Gasteiger partial charge >= 0.3 is 0 Å². The minimum Gasteiger partial charge on any atom is -0.310 e. The van der Waals surface area contributed by atoms with E-state index >= 15 is 0 Å². The molecule has 3 nitrogen and oxygen atoms in total. The summed E-state index contributed by atoms with van der Waals surface area (Å²) in [4.78, 5) is 0. The molecule has 1 heterocycles. The van der Waals surface area contributed by atoms with Gasteiger partial charge in [0.05, 0.1) is 6.20 Å². The van der Waals surface area contributed by atoms with E-state index in [0.717, 1.165) is 12.5 Å². The summed E-state index contributed by atoms with van der Waals surface area (Å²) < 4.78 is 2.03. The van der Waals surface area contributed by atoms with Crippen molar-refractivity contribution in [1.29, 1.82) is 0 Å². The average molecular weight is 235 g/mol. The van der Waals surface area contributed by atoms with Crippen molar-refractivity contribution in [3.63, 3.8) is 0 Å². The summed E-state index contributed by atoms with van der Waals surface area (Å²) in [6, 6.07) is 1.17. The van der Waals surface area contributed by atoms with Gasteiger partial charge in [0.2, 0.25) is 0 Å². The Hall–Kier alpha value is -0.830. The van der Waals surface area contributed by atoms with Gasteiger partial charge in [0.25, 0.3) is 0 Å². The molecule has 0 bridgehead atoms. The molecule has 2 atom stereocenters. The maximum Gasteiger partial charge on any atom is 0.0534 e. The lowest BCUT2D eigenvalue weighted by atomic mass is 9.87. The highest BCUT2D eigenvalue weighted by Gasteiger charge is 2.18. The maximum absolute atomic E-state index is 4.37. The van der Waals surface area contributed by atoms with E-state index in [0.29, 0.717) is 12.1 Å². The monoisotopic (exact) mass is 235 g/mol. The first-order chi connectivity index (χ1) is 8.15. The van der Waals surface area contributed by atoms with Gasteiger partial charge in [-0.1, -0.05) is 19.8 Å². The van der Waals surface area contributed by atoms with Crippen LogP contribution in [0.5, 0.6) is 0 Å². The lowest BCUT2D eigenvalue weighted by Crippen LogP contribution is -2.32. The first-order valence-electron chi connectivity index (χ1n) is 6.91. The Bertz CT molecular complexity index is 343. The molecule has 1 aliphatic rings. The average Bonchev–Trinajstić information content (AvgIpc) is 2.75. The van der Waals surface area contributed by atoms with E-state index in [1.165, 1.54) is 31.2 Å². The van der Waals surface area contributed by atoms with Crippen LogP contribution in [-0.2, 0) is 6.54 Å². The van der Waals surface area contributed by atoms with Crippen molar-refractivity contribution in [2.45, 2.75) is 65.1 Å². The number of hydrogen-bond acceptors (Lipinski definition) is 2. The van der Waals surface area contributed by atoms with Gasteiger partial charge in [-0.15, -0.1) is 0 Å². The molecule has 2 rings (SSSR count). The summed E-state index contributed by atoms with van der Waals surface area (Å²) in [6.07, 6.45) is 9.59. The zero-order valence-electron chi connectivity index (χ0n) is 11.3. The van der Waals surface area contributed by atoms with E-state index in [2.05, 4.69) is 37.4 Å². The van der Waals surface area contributed by atoms with Crippen LogP contribution >= 0.6 is 0 Å². The van der Waals surface area contributed by atoms with Crippen LogP contribution in [0.15, 0.2) is 12.4 Å². The molecule has 1 N–H and O–H groups in total. The summed E-state index contributed by atoms with van der Waals surface area (Å²) >= 11 is 0. The molecule has 0 saturated heterocycles. The molecule has 1 saturated carbocycles. The van der Waals surface area contributed by atoms with Gasteiger partial charge in [-0.3, -0.25) is 4.68 Å². The smallest absolute Gasteiger partial charge is 0.0534 e. The van der Waals surface area contributed by atoms with Gasteiger partial charge in [-0.25, -0.2) is 0 Å². The third-order valence-electron chi connectivity index (χ3n) is 3.72. The number of hydrogen-bond donors (Lipinski definition) is 1. The quantitative estimate of drug-likeness (QED) is 0.869.